The second-order valence-electron chi connectivity index (χ2n) is 7.11. The quantitative estimate of drug-likeness (QED) is 0.293. The Balaban J connectivity index is 1.92. The van der Waals surface area contributed by atoms with Crippen molar-refractivity contribution in [2.45, 2.75) is 13.1 Å². The molecular weight excluding hydrogens is 453 g/mol. The molecule has 4 rings (SSSR count). The fraction of sp³-hybridized carbons (Fsp3) is 0.120. The summed E-state index contributed by atoms with van der Waals surface area (Å²) >= 11 is 6.00. The maximum absolute atomic E-state index is 13.9. The van der Waals surface area contributed by atoms with E-state index >= 15 is 0 Å². The van der Waals surface area contributed by atoms with Gasteiger partial charge in [-0.05, 0) is 61.0 Å². The molecule has 168 valence electrons. The number of nitrogens with zero attached hydrogens (tertiary/aromatic N) is 2. The third-order valence-electron chi connectivity index (χ3n) is 5.01. The molecule has 0 amide bonds. The molecule has 0 atom stereocenters. The number of carbonyl (C=O) groups is 1. The van der Waals surface area contributed by atoms with Gasteiger partial charge in [-0.3, -0.25) is 4.98 Å². The molecule has 8 heteroatoms. The van der Waals surface area contributed by atoms with Crippen LogP contribution in [0.5, 0.6) is 0 Å². The summed E-state index contributed by atoms with van der Waals surface area (Å²) in [6.45, 7) is 1.92. The average molecular weight is 471 g/mol. The number of pyridine rings is 1. The number of hydrogen-bond acceptors (Lipinski definition) is 3. The first-order valence-corrected chi connectivity index (χ1v) is 10.4. The molecule has 0 saturated heterocycles. The number of carbonyl (C=O) groups excluding carboxylic acids is 1. The number of ether oxygens (including phenoxy) is 1. The Morgan fingerprint density at radius 2 is 1.67 bits per heavy atom. The Kier molecular flexibility index (Phi) is 6.24. The van der Waals surface area contributed by atoms with Crippen LogP contribution in [-0.2, 0) is 10.9 Å². The van der Waals surface area contributed by atoms with E-state index < -0.39 is 17.7 Å². The topological polar surface area (TPSA) is 44.1 Å². The van der Waals surface area contributed by atoms with Crippen LogP contribution in [0.15, 0.2) is 79.0 Å². The molecule has 4 aromatic rings. The van der Waals surface area contributed by atoms with E-state index in [-0.39, 0.29) is 17.9 Å². The molecule has 0 aliphatic rings. The third-order valence-corrected chi connectivity index (χ3v) is 5.26. The maximum Gasteiger partial charge on any atom is 0.418 e. The highest BCUT2D eigenvalue weighted by atomic mass is 35.5. The van der Waals surface area contributed by atoms with Crippen LogP contribution in [0.4, 0.5) is 13.2 Å². The fourth-order valence-electron chi connectivity index (χ4n) is 3.53. The second-order valence-corrected chi connectivity index (χ2v) is 7.55. The predicted octanol–water partition coefficient (Wildman–Crippen LogP) is 7.06. The van der Waals surface area contributed by atoms with Crippen LogP contribution in [0, 0.1) is 0 Å². The van der Waals surface area contributed by atoms with Crippen molar-refractivity contribution < 1.29 is 22.7 Å². The summed E-state index contributed by atoms with van der Waals surface area (Å²) in [4.78, 5) is 16.3. The average Bonchev–Trinajstić information content (AvgIpc) is 3.24. The van der Waals surface area contributed by atoms with Gasteiger partial charge in [0, 0.05) is 11.2 Å². The molecule has 0 radical (unpaired) electrons. The molecule has 0 N–H and O–H groups in total. The smallest absolute Gasteiger partial charge is 0.418 e. The maximum atomic E-state index is 13.9. The van der Waals surface area contributed by atoms with Crippen LogP contribution in [0.1, 0.15) is 22.8 Å². The molecule has 0 fully saturated rings. The minimum absolute atomic E-state index is 0.0359. The van der Waals surface area contributed by atoms with Gasteiger partial charge in [0.15, 0.2) is 0 Å². The van der Waals surface area contributed by atoms with Gasteiger partial charge in [0.05, 0.1) is 40.5 Å². The zero-order valence-corrected chi connectivity index (χ0v) is 18.2. The Hall–Kier alpha value is -3.58. The molecule has 4 nitrogen and oxygen atoms in total. The number of esters is 1. The summed E-state index contributed by atoms with van der Waals surface area (Å²) < 4.78 is 48.1. The molecule has 0 saturated carbocycles. The molecule has 0 unspecified atom stereocenters. The summed E-state index contributed by atoms with van der Waals surface area (Å²) in [5.74, 6) is -0.517. The normalized spacial score (nSPS) is 11.4. The van der Waals surface area contributed by atoms with Gasteiger partial charge in [-0.2, -0.15) is 13.2 Å². The van der Waals surface area contributed by atoms with E-state index in [1.807, 2.05) is 0 Å². The molecule has 2 heterocycles. The number of para-hydroxylation sites is 1. The van der Waals surface area contributed by atoms with Crippen LogP contribution in [0.3, 0.4) is 0 Å². The number of rotatable bonds is 5. The lowest BCUT2D eigenvalue weighted by atomic mass is 10.1. The van der Waals surface area contributed by atoms with Gasteiger partial charge in [-0.25, -0.2) is 4.79 Å². The standard InChI is InChI=1S/C25H18ClF3N2O2/c1-2-33-24(32)17-9-12-20(30-15-17)23-14-13-21(16-7-10-18(26)11-8-16)31(23)22-6-4-3-5-19(22)25(27,28)29/h3-15H,2H2,1H3. The van der Waals surface area contributed by atoms with Crippen LogP contribution in [-0.4, -0.2) is 22.1 Å². The third kappa shape index (κ3) is 4.64. The van der Waals surface area contributed by atoms with Crippen molar-refractivity contribution in [2.75, 3.05) is 6.61 Å². The van der Waals surface area contributed by atoms with Crippen molar-refractivity contribution in [3.05, 3.63) is 95.1 Å². The molecule has 2 aromatic heterocycles. The first kappa shape index (κ1) is 22.6. The molecule has 0 aliphatic carbocycles. The lowest BCUT2D eigenvalue weighted by Gasteiger charge is -2.19. The summed E-state index contributed by atoms with van der Waals surface area (Å²) in [5, 5.41) is 0.518. The van der Waals surface area contributed by atoms with Crippen molar-refractivity contribution >= 4 is 17.6 Å². The monoisotopic (exact) mass is 470 g/mol. The summed E-state index contributed by atoms with van der Waals surface area (Å²) in [6, 6.07) is 18.7. The van der Waals surface area contributed by atoms with Gasteiger partial charge in [-0.15, -0.1) is 0 Å². The van der Waals surface area contributed by atoms with Crippen molar-refractivity contribution in [3.8, 4) is 28.3 Å². The minimum Gasteiger partial charge on any atom is -0.462 e. The molecule has 33 heavy (non-hydrogen) atoms. The highest BCUT2D eigenvalue weighted by Crippen LogP contribution is 2.39. The van der Waals surface area contributed by atoms with Crippen molar-refractivity contribution in [3.63, 3.8) is 0 Å². The fourth-order valence-corrected chi connectivity index (χ4v) is 3.66. The van der Waals surface area contributed by atoms with Gasteiger partial charge in [-0.1, -0.05) is 35.9 Å². The van der Waals surface area contributed by atoms with Crippen LogP contribution in [0.2, 0.25) is 5.02 Å². The Bertz CT molecular complexity index is 1280. The van der Waals surface area contributed by atoms with Crippen LogP contribution in [0.25, 0.3) is 28.3 Å². The first-order chi connectivity index (χ1) is 15.8. The Morgan fingerprint density at radius 3 is 2.30 bits per heavy atom. The van der Waals surface area contributed by atoms with Gasteiger partial charge in [0.2, 0.25) is 0 Å². The van der Waals surface area contributed by atoms with E-state index in [0.29, 0.717) is 27.7 Å². The highest BCUT2D eigenvalue weighted by Gasteiger charge is 2.34. The van der Waals surface area contributed by atoms with E-state index in [0.717, 1.165) is 6.07 Å². The minimum atomic E-state index is -4.56. The number of alkyl halides is 3. The van der Waals surface area contributed by atoms with E-state index in [1.165, 1.54) is 29.0 Å². The first-order valence-electron chi connectivity index (χ1n) is 10.1. The summed E-state index contributed by atoms with van der Waals surface area (Å²) in [6.07, 6.45) is -3.21. The van der Waals surface area contributed by atoms with Gasteiger partial charge in [0.1, 0.15) is 0 Å². The Morgan fingerprint density at radius 1 is 0.970 bits per heavy atom. The number of halogens is 4. The van der Waals surface area contributed by atoms with Gasteiger partial charge >= 0.3 is 12.1 Å². The Labute approximate surface area is 193 Å². The largest absolute Gasteiger partial charge is 0.462 e. The number of benzene rings is 2. The number of aromatic nitrogens is 2. The number of hydrogen-bond donors (Lipinski definition) is 0. The molecule has 0 spiro atoms. The van der Waals surface area contributed by atoms with Gasteiger partial charge in [0.25, 0.3) is 0 Å². The highest BCUT2D eigenvalue weighted by molar-refractivity contribution is 6.30. The molecular formula is C25H18ClF3N2O2. The lowest BCUT2D eigenvalue weighted by molar-refractivity contribution is -0.137. The van der Waals surface area contributed by atoms with Crippen molar-refractivity contribution in [2.24, 2.45) is 0 Å². The van der Waals surface area contributed by atoms with Crippen LogP contribution >= 0.6 is 11.6 Å². The van der Waals surface area contributed by atoms with E-state index in [1.54, 1.807) is 55.5 Å². The second kappa shape index (κ2) is 9.11. The molecule has 0 aliphatic heterocycles. The SMILES string of the molecule is CCOC(=O)c1ccc(-c2ccc(-c3ccc(Cl)cc3)n2-c2ccccc2C(F)(F)F)nc1. The van der Waals surface area contributed by atoms with E-state index in [9.17, 15) is 18.0 Å². The zero-order valence-electron chi connectivity index (χ0n) is 17.4. The van der Waals surface area contributed by atoms with Crippen molar-refractivity contribution in [1.82, 2.24) is 9.55 Å². The lowest BCUT2D eigenvalue weighted by Crippen LogP contribution is -2.12. The zero-order chi connectivity index (χ0) is 23.6. The molecule has 2 aromatic carbocycles. The van der Waals surface area contributed by atoms with Gasteiger partial charge < -0.3 is 9.30 Å². The predicted molar refractivity (Wildman–Crippen MR) is 120 cm³/mol. The molecule has 0 bridgehead atoms. The summed E-state index contributed by atoms with van der Waals surface area (Å²) in [7, 11) is 0. The van der Waals surface area contributed by atoms with E-state index in [4.69, 9.17) is 16.3 Å². The van der Waals surface area contributed by atoms with E-state index in [2.05, 4.69) is 4.98 Å². The van der Waals surface area contributed by atoms with Crippen LogP contribution < -0.4 is 0 Å². The van der Waals surface area contributed by atoms with Crippen molar-refractivity contribution in [1.29, 1.82) is 0 Å². The summed E-state index contributed by atoms with van der Waals surface area (Å²) in [5.41, 5.74) is 1.51.